The van der Waals surface area contributed by atoms with E-state index in [9.17, 15) is 14.4 Å². The highest BCUT2D eigenvalue weighted by atomic mass is 16.6. The predicted octanol–water partition coefficient (Wildman–Crippen LogP) is 6.92. The van der Waals surface area contributed by atoms with Crippen molar-refractivity contribution in [1.29, 1.82) is 0 Å². The summed E-state index contributed by atoms with van der Waals surface area (Å²) in [6.45, 7) is 9.13. The minimum atomic E-state index is -0.659. The molecule has 0 aliphatic rings. The summed E-state index contributed by atoms with van der Waals surface area (Å²) in [5.74, 6) is -1.04. The molecule has 0 saturated carbocycles. The standard InChI is InChI=1S/C37H42N2O8/c1-4-20-43-23-24-46-37(42)33-25-30(27-39-38-26-29-12-10-28(3)11-13-29)14-19-34(33)47-36(41)31-15-17-32(18-16-31)44-21-8-6-7-9-22-45-35(40)5-2/h5,10-19,25-27H,2,4,6-9,20-24H2,1,3H3/b38-26+,39-27+. The quantitative estimate of drug-likeness (QED) is 0.0325. The number of benzene rings is 3. The van der Waals surface area contributed by atoms with Gasteiger partial charge in [0.1, 0.15) is 23.7 Å². The van der Waals surface area contributed by atoms with Crippen LogP contribution in [-0.2, 0) is 19.0 Å². The van der Waals surface area contributed by atoms with Crippen molar-refractivity contribution >= 4 is 30.3 Å². The number of aryl methyl sites for hydroxylation is 1. The van der Waals surface area contributed by atoms with E-state index in [4.69, 9.17) is 23.7 Å². The van der Waals surface area contributed by atoms with Crippen LogP contribution in [-0.4, -0.2) is 63.4 Å². The minimum Gasteiger partial charge on any atom is -0.494 e. The number of ether oxygens (including phenoxy) is 5. The number of carbonyl (C=O) groups excluding carboxylic acids is 3. The minimum absolute atomic E-state index is 0.0503. The highest BCUT2D eigenvalue weighted by Gasteiger charge is 2.19. The number of hydrogen-bond acceptors (Lipinski definition) is 10. The van der Waals surface area contributed by atoms with Crippen LogP contribution in [0, 0.1) is 6.92 Å². The number of esters is 3. The second kappa shape index (κ2) is 20.8. The van der Waals surface area contributed by atoms with Crippen molar-refractivity contribution in [3.63, 3.8) is 0 Å². The maximum absolute atomic E-state index is 13.0. The Morgan fingerprint density at radius 1 is 0.723 bits per heavy atom. The van der Waals surface area contributed by atoms with Crippen molar-refractivity contribution in [2.24, 2.45) is 10.2 Å². The zero-order valence-corrected chi connectivity index (χ0v) is 27.0. The second-order valence-electron chi connectivity index (χ2n) is 10.5. The number of nitrogens with zero attached hydrogens (tertiary/aromatic N) is 2. The van der Waals surface area contributed by atoms with Crippen LogP contribution in [0.15, 0.2) is 89.6 Å². The Morgan fingerprint density at radius 3 is 2.11 bits per heavy atom. The Labute approximate surface area is 276 Å². The second-order valence-corrected chi connectivity index (χ2v) is 10.5. The van der Waals surface area contributed by atoms with Crippen LogP contribution in [0.25, 0.3) is 0 Å². The van der Waals surface area contributed by atoms with Gasteiger partial charge in [0.25, 0.3) is 0 Å². The first kappa shape index (κ1) is 36.4. The molecule has 0 bridgehead atoms. The molecule has 10 heteroatoms. The van der Waals surface area contributed by atoms with Crippen molar-refractivity contribution in [3.8, 4) is 11.5 Å². The van der Waals surface area contributed by atoms with E-state index < -0.39 is 17.9 Å². The van der Waals surface area contributed by atoms with Crippen LogP contribution in [0.2, 0.25) is 0 Å². The van der Waals surface area contributed by atoms with Crippen LogP contribution >= 0.6 is 0 Å². The summed E-state index contributed by atoms with van der Waals surface area (Å²) in [5.41, 5.74) is 2.98. The molecule has 0 aromatic heterocycles. The molecule has 0 amide bonds. The molecule has 0 N–H and O–H groups in total. The molecule has 0 spiro atoms. The number of hydrogen-bond donors (Lipinski definition) is 0. The third kappa shape index (κ3) is 13.8. The molecule has 248 valence electrons. The Kier molecular flexibility index (Phi) is 16.1. The van der Waals surface area contributed by atoms with Crippen LogP contribution in [0.1, 0.15) is 76.4 Å². The van der Waals surface area contributed by atoms with Gasteiger partial charge in [0.05, 0.1) is 37.8 Å². The van der Waals surface area contributed by atoms with Gasteiger partial charge in [-0.3, -0.25) is 0 Å². The van der Waals surface area contributed by atoms with Crippen molar-refractivity contribution in [2.45, 2.75) is 46.0 Å². The van der Waals surface area contributed by atoms with Crippen LogP contribution in [0.5, 0.6) is 11.5 Å². The van der Waals surface area contributed by atoms with Gasteiger partial charge in [0, 0.05) is 12.7 Å². The fourth-order valence-corrected chi connectivity index (χ4v) is 4.07. The van der Waals surface area contributed by atoms with E-state index in [-0.39, 0.29) is 30.1 Å². The van der Waals surface area contributed by atoms with E-state index in [1.165, 1.54) is 18.3 Å². The van der Waals surface area contributed by atoms with Crippen molar-refractivity contribution in [2.75, 3.05) is 33.0 Å². The highest BCUT2D eigenvalue weighted by molar-refractivity contribution is 5.98. The lowest BCUT2D eigenvalue weighted by Gasteiger charge is -2.12. The van der Waals surface area contributed by atoms with E-state index in [1.54, 1.807) is 36.5 Å². The monoisotopic (exact) mass is 642 g/mol. The molecule has 3 aromatic carbocycles. The van der Waals surface area contributed by atoms with Gasteiger partial charge in [0.2, 0.25) is 0 Å². The summed E-state index contributed by atoms with van der Waals surface area (Å²) in [4.78, 5) is 37.1. The van der Waals surface area contributed by atoms with Crippen LogP contribution in [0.4, 0.5) is 0 Å². The molecule has 3 rings (SSSR count). The first-order chi connectivity index (χ1) is 22.9. The van der Waals surface area contributed by atoms with Gasteiger partial charge in [-0.05, 0) is 92.6 Å². The van der Waals surface area contributed by atoms with Gasteiger partial charge in [-0.1, -0.05) is 43.3 Å². The average molecular weight is 643 g/mol. The van der Waals surface area contributed by atoms with E-state index >= 15 is 0 Å². The predicted molar refractivity (Wildman–Crippen MR) is 181 cm³/mol. The van der Waals surface area contributed by atoms with Gasteiger partial charge in [0.15, 0.2) is 0 Å². The van der Waals surface area contributed by atoms with Gasteiger partial charge in [-0.25, -0.2) is 14.4 Å². The molecule has 0 heterocycles. The molecule has 0 fully saturated rings. The van der Waals surface area contributed by atoms with Crippen molar-refractivity contribution < 1.29 is 38.1 Å². The summed E-state index contributed by atoms with van der Waals surface area (Å²) in [6, 6.07) is 19.1. The molecular formula is C37H42N2O8. The number of rotatable bonds is 20. The normalized spacial score (nSPS) is 11.0. The zero-order chi connectivity index (χ0) is 33.7. The number of carbonyl (C=O) groups is 3. The third-order valence-electron chi connectivity index (χ3n) is 6.60. The largest absolute Gasteiger partial charge is 0.494 e. The first-order valence-electron chi connectivity index (χ1n) is 15.7. The molecule has 0 unspecified atom stereocenters. The summed E-state index contributed by atoms with van der Waals surface area (Å²) in [5, 5.41) is 8.17. The smallest absolute Gasteiger partial charge is 0.343 e. The highest BCUT2D eigenvalue weighted by Crippen LogP contribution is 2.23. The van der Waals surface area contributed by atoms with E-state index in [0.29, 0.717) is 31.1 Å². The maximum atomic E-state index is 13.0. The maximum Gasteiger partial charge on any atom is 0.343 e. The fourth-order valence-electron chi connectivity index (χ4n) is 4.07. The Hall–Kier alpha value is -5.09. The molecule has 47 heavy (non-hydrogen) atoms. The van der Waals surface area contributed by atoms with Gasteiger partial charge in [-0.15, -0.1) is 0 Å². The Morgan fingerprint density at radius 2 is 1.40 bits per heavy atom. The molecule has 0 aliphatic carbocycles. The lowest BCUT2D eigenvalue weighted by atomic mass is 10.1. The van der Waals surface area contributed by atoms with Gasteiger partial charge < -0.3 is 23.7 Å². The molecule has 0 radical (unpaired) electrons. The molecule has 10 nitrogen and oxygen atoms in total. The average Bonchev–Trinajstić information content (AvgIpc) is 3.09. The van der Waals surface area contributed by atoms with E-state index in [0.717, 1.165) is 49.3 Å². The molecule has 3 aromatic rings. The lowest BCUT2D eigenvalue weighted by Crippen LogP contribution is -2.15. The SMILES string of the molecule is C=CC(=O)OCCCCCCOc1ccc(C(=O)Oc2ccc(/C=N/N=C/c3ccc(C)cc3)cc2C(=O)OCCOCCC)cc1. The van der Waals surface area contributed by atoms with Crippen LogP contribution in [0.3, 0.4) is 0 Å². The van der Waals surface area contributed by atoms with E-state index in [2.05, 4.69) is 16.8 Å². The van der Waals surface area contributed by atoms with Gasteiger partial charge in [-0.2, -0.15) is 10.2 Å². The topological polar surface area (TPSA) is 122 Å². The molecule has 0 atom stereocenters. The summed E-state index contributed by atoms with van der Waals surface area (Å²) in [7, 11) is 0. The van der Waals surface area contributed by atoms with Crippen molar-refractivity contribution in [1.82, 2.24) is 0 Å². The summed E-state index contributed by atoms with van der Waals surface area (Å²) < 4.78 is 27.1. The summed E-state index contributed by atoms with van der Waals surface area (Å²) >= 11 is 0. The van der Waals surface area contributed by atoms with Crippen molar-refractivity contribution in [3.05, 3.63) is 107 Å². The van der Waals surface area contributed by atoms with Gasteiger partial charge >= 0.3 is 17.9 Å². The lowest BCUT2D eigenvalue weighted by molar-refractivity contribution is -0.137. The third-order valence-corrected chi connectivity index (χ3v) is 6.60. The molecular weight excluding hydrogens is 600 g/mol. The zero-order valence-electron chi connectivity index (χ0n) is 27.0. The fraction of sp³-hybridized carbons (Fsp3) is 0.324. The number of unbranched alkanes of at least 4 members (excludes halogenated alkanes) is 3. The molecule has 0 aliphatic heterocycles. The first-order valence-corrected chi connectivity index (χ1v) is 15.7. The Bertz CT molecular complexity index is 1500. The van der Waals surface area contributed by atoms with E-state index in [1.807, 2.05) is 38.1 Å². The summed E-state index contributed by atoms with van der Waals surface area (Å²) in [6.07, 6.45) is 8.59. The molecule has 0 saturated heterocycles. The van der Waals surface area contributed by atoms with Crippen LogP contribution < -0.4 is 9.47 Å². The Balaban J connectivity index is 1.58.